The summed E-state index contributed by atoms with van der Waals surface area (Å²) in [6, 6.07) is 7.80. The van der Waals surface area contributed by atoms with Gasteiger partial charge in [-0.25, -0.2) is 13.6 Å². The van der Waals surface area contributed by atoms with Crippen molar-refractivity contribution >= 4 is 38.5 Å². The van der Waals surface area contributed by atoms with Crippen molar-refractivity contribution in [2.45, 2.75) is 31.6 Å². The molecule has 0 saturated carbocycles. The van der Waals surface area contributed by atoms with Crippen molar-refractivity contribution in [3.8, 4) is 0 Å². The molecule has 0 aliphatic carbocycles. The number of nitrogens with two attached hydrogens (primary N) is 1. The summed E-state index contributed by atoms with van der Waals surface area (Å²) in [5, 5.41) is 31.3. The summed E-state index contributed by atoms with van der Waals surface area (Å²) in [5.41, 5.74) is -0.264. The molecule has 11 nitrogen and oxygen atoms in total. The number of hydrogen-bond donors (Lipinski definition) is 2. The molecule has 2 aromatic carbocycles. The molecule has 0 radical (unpaired) electrons. The Balaban J connectivity index is 2.54. The second-order valence-electron chi connectivity index (χ2n) is 6.56. The highest BCUT2D eigenvalue weighted by atomic mass is 32.2. The molecule has 162 valence electrons. The van der Waals surface area contributed by atoms with E-state index in [1.54, 1.807) is 4.90 Å². The van der Waals surface area contributed by atoms with E-state index in [1.165, 1.54) is 36.4 Å². The van der Waals surface area contributed by atoms with E-state index in [2.05, 4.69) is 5.32 Å². The molecular weight excluding hydrogens is 414 g/mol. The number of anilines is 3. The molecule has 2 rings (SSSR count). The number of benzene rings is 2. The quantitative estimate of drug-likeness (QED) is 0.421. The number of primary sulfonamides is 1. The first kappa shape index (κ1) is 23.0. The van der Waals surface area contributed by atoms with Gasteiger partial charge < -0.3 is 10.2 Å². The first-order valence-electron chi connectivity index (χ1n) is 9.20. The summed E-state index contributed by atoms with van der Waals surface area (Å²) < 4.78 is 22.7. The first-order chi connectivity index (χ1) is 14.1. The third-order valence-electron chi connectivity index (χ3n) is 4.24. The van der Waals surface area contributed by atoms with Gasteiger partial charge in [-0.3, -0.25) is 20.2 Å². The molecule has 2 aromatic rings. The van der Waals surface area contributed by atoms with E-state index < -0.39 is 19.9 Å². The van der Waals surface area contributed by atoms with Gasteiger partial charge in [0.1, 0.15) is 0 Å². The number of rotatable bonds is 10. The van der Waals surface area contributed by atoms with Crippen LogP contribution in [0.1, 0.15) is 26.7 Å². The average molecular weight is 437 g/mol. The topological polar surface area (TPSA) is 162 Å². The molecule has 30 heavy (non-hydrogen) atoms. The van der Waals surface area contributed by atoms with Crippen LogP contribution in [0.15, 0.2) is 41.3 Å². The Labute approximate surface area is 173 Å². The molecule has 0 aliphatic rings. The standard InChI is InChI=1S/C18H23N5O6S/c1-3-9-21(10-4-2)18-16(22(24)25)11-14(12-17(18)23(26)27)20-13-5-7-15(8-6-13)30(19,28)29/h5-8,11-12,20H,3-4,9-10H2,1-2H3,(H2,19,28,29). The lowest BCUT2D eigenvalue weighted by atomic mass is 10.1. The Morgan fingerprint density at radius 2 is 1.40 bits per heavy atom. The molecule has 12 heteroatoms. The van der Waals surface area contributed by atoms with Crippen LogP contribution in [0.5, 0.6) is 0 Å². The van der Waals surface area contributed by atoms with Crippen LogP contribution < -0.4 is 15.4 Å². The molecule has 0 saturated heterocycles. The molecule has 0 aliphatic heterocycles. The number of nitrogens with one attached hydrogen (secondary N) is 1. The van der Waals surface area contributed by atoms with Crippen molar-refractivity contribution in [3.63, 3.8) is 0 Å². The van der Waals surface area contributed by atoms with Gasteiger partial charge in [0.05, 0.1) is 20.4 Å². The third kappa shape index (κ3) is 5.42. The monoisotopic (exact) mass is 437 g/mol. The predicted octanol–water partition coefficient (Wildman–Crippen LogP) is 3.52. The molecule has 0 heterocycles. The lowest BCUT2D eigenvalue weighted by Crippen LogP contribution is -2.26. The van der Waals surface area contributed by atoms with Crippen molar-refractivity contribution in [2.24, 2.45) is 5.14 Å². The van der Waals surface area contributed by atoms with Crippen molar-refractivity contribution < 1.29 is 18.3 Å². The van der Waals surface area contributed by atoms with E-state index >= 15 is 0 Å². The van der Waals surface area contributed by atoms with Gasteiger partial charge in [0.25, 0.3) is 0 Å². The minimum absolute atomic E-state index is 0.0242. The van der Waals surface area contributed by atoms with E-state index in [1.807, 2.05) is 13.8 Å². The minimum atomic E-state index is -3.87. The maximum atomic E-state index is 11.7. The van der Waals surface area contributed by atoms with Crippen molar-refractivity contribution in [3.05, 3.63) is 56.6 Å². The summed E-state index contributed by atoms with van der Waals surface area (Å²) >= 11 is 0. The molecule has 0 unspecified atom stereocenters. The number of sulfonamides is 1. The second-order valence-corrected chi connectivity index (χ2v) is 8.12. The van der Waals surface area contributed by atoms with Crippen LogP contribution in [0.3, 0.4) is 0 Å². The number of nitro groups is 2. The first-order valence-corrected chi connectivity index (χ1v) is 10.7. The minimum Gasteiger partial charge on any atom is -0.360 e. The fourth-order valence-electron chi connectivity index (χ4n) is 3.05. The molecule has 0 bridgehead atoms. The molecule has 3 N–H and O–H groups in total. The summed E-state index contributed by atoms with van der Waals surface area (Å²) in [4.78, 5) is 23.7. The maximum absolute atomic E-state index is 11.7. The molecule has 0 aromatic heterocycles. The summed E-state index contributed by atoms with van der Waals surface area (Å²) in [6.45, 7) is 4.66. The Morgan fingerprint density at radius 1 is 0.933 bits per heavy atom. The van der Waals surface area contributed by atoms with E-state index in [0.717, 1.165) is 0 Å². The zero-order chi connectivity index (χ0) is 22.5. The van der Waals surface area contributed by atoms with E-state index in [4.69, 9.17) is 5.14 Å². The van der Waals surface area contributed by atoms with E-state index in [-0.39, 0.29) is 27.6 Å². The largest absolute Gasteiger partial charge is 0.360 e. The highest BCUT2D eigenvalue weighted by Gasteiger charge is 2.30. The van der Waals surface area contributed by atoms with Crippen molar-refractivity contribution in [1.29, 1.82) is 0 Å². The molecule has 0 amide bonds. The third-order valence-corrected chi connectivity index (χ3v) is 5.17. The Kier molecular flexibility index (Phi) is 7.29. The smallest absolute Gasteiger partial charge is 0.301 e. The van der Waals surface area contributed by atoms with Gasteiger partial charge >= 0.3 is 11.4 Å². The van der Waals surface area contributed by atoms with E-state index in [9.17, 15) is 28.6 Å². The number of nitrogens with zero attached hydrogens (tertiary/aromatic N) is 3. The molecular formula is C18H23N5O6S. The van der Waals surface area contributed by atoms with Crippen LogP contribution in [-0.4, -0.2) is 31.4 Å². The average Bonchev–Trinajstić information content (AvgIpc) is 2.67. The maximum Gasteiger partial charge on any atom is 0.301 e. The zero-order valence-electron chi connectivity index (χ0n) is 16.6. The number of nitro benzene ring substituents is 2. The van der Waals surface area contributed by atoms with Crippen molar-refractivity contribution in [2.75, 3.05) is 23.3 Å². The Morgan fingerprint density at radius 3 is 1.77 bits per heavy atom. The van der Waals surface area contributed by atoms with Crippen LogP contribution >= 0.6 is 0 Å². The van der Waals surface area contributed by atoms with Gasteiger partial charge in [-0.15, -0.1) is 0 Å². The van der Waals surface area contributed by atoms with Gasteiger partial charge in [-0.1, -0.05) is 13.8 Å². The van der Waals surface area contributed by atoms with Crippen LogP contribution in [0.25, 0.3) is 0 Å². The van der Waals surface area contributed by atoms with Gasteiger partial charge in [0.2, 0.25) is 10.0 Å². The zero-order valence-corrected chi connectivity index (χ0v) is 17.4. The van der Waals surface area contributed by atoms with E-state index in [0.29, 0.717) is 31.6 Å². The summed E-state index contributed by atoms with van der Waals surface area (Å²) in [5.74, 6) is 0. The molecule has 0 atom stereocenters. The Hall–Kier alpha value is -3.25. The summed E-state index contributed by atoms with van der Waals surface area (Å²) in [7, 11) is -3.87. The normalized spacial score (nSPS) is 11.2. The van der Waals surface area contributed by atoms with Gasteiger partial charge in [-0.2, -0.15) is 0 Å². The van der Waals surface area contributed by atoms with Gasteiger partial charge in [-0.05, 0) is 37.1 Å². The number of hydrogen-bond acceptors (Lipinski definition) is 8. The fourth-order valence-corrected chi connectivity index (χ4v) is 3.56. The fraction of sp³-hybridized carbons (Fsp3) is 0.333. The second kappa shape index (κ2) is 9.50. The SMILES string of the molecule is CCCN(CCC)c1c([N+](=O)[O-])cc(Nc2ccc(S(N)(=O)=O)cc2)cc1[N+](=O)[O-]. The molecule has 0 fully saturated rings. The van der Waals surface area contributed by atoms with Gasteiger partial charge in [0, 0.05) is 30.9 Å². The lowest BCUT2D eigenvalue weighted by Gasteiger charge is -2.23. The highest BCUT2D eigenvalue weighted by Crippen LogP contribution is 2.41. The van der Waals surface area contributed by atoms with Crippen LogP contribution in [0.4, 0.5) is 28.4 Å². The highest BCUT2D eigenvalue weighted by molar-refractivity contribution is 7.89. The van der Waals surface area contributed by atoms with Gasteiger partial charge in [0.15, 0.2) is 5.69 Å². The van der Waals surface area contributed by atoms with Crippen LogP contribution in [-0.2, 0) is 10.0 Å². The van der Waals surface area contributed by atoms with Crippen LogP contribution in [0.2, 0.25) is 0 Å². The van der Waals surface area contributed by atoms with Crippen molar-refractivity contribution in [1.82, 2.24) is 0 Å². The summed E-state index contributed by atoms with van der Waals surface area (Å²) in [6.07, 6.45) is 1.34. The lowest BCUT2D eigenvalue weighted by molar-refractivity contribution is -0.392. The molecule has 0 spiro atoms. The van der Waals surface area contributed by atoms with Crippen LogP contribution in [0, 0.1) is 20.2 Å². The predicted molar refractivity (Wildman–Crippen MR) is 114 cm³/mol. The Bertz CT molecular complexity index is 999.